The summed E-state index contributed by atoms with van der Waals surface area (Å²) in [6.07, 6.45) is -17.0. The average Bonchev–Trinajstić information content (AvgIpc) is 3.24. The molecular formula is C42H42O18. The van der Waals surface area contributed by atoms with Crippen LogP contribution in [0.15, 0.2) is 60.7 Å². The Hall–Kier alpha value is -5.06. The van der Waals surface area contributed by atoms with E-state index >= 15 is 0 Å². The Bertz CT molecular complexity index is 2170. The van der Waals surface area contributed by atoms with E-state index in [2.05, 4.69) is 0 Å². The number of carbonyl (C=O) groups is 2. The van der Waals surface area contributed by atoms with Crippen molar-refractivity contribution < 1.29 is 89.8 Å². The van der Waals surface area contributed by atoms with Crippen LogP contribution in [0.2, 0.25) is 0 Å². The van der Waals surface area contributed by atoms with Gasteiger partial charge in [0.15, 0.2) is 0 Å². The molecule has 0 aromatic heterocycles. The van der Waals surface area contributed by atoms with E-state index in [1.165, 1.54) is 48.5 Å². The lowest BCUT2D eigenvalue weighted by molar-refractivity contribution is -0.277. The van der Waals surface area contributed by atoms with Crippen LogP contribution in [0.4, 0.5) is 0 Å². The Morgan fingerprint density at radius 1 is 0.483 bits per heavy atom. The molecule has 60 heavy (non-hydrogen) atoms. The van der Waals surface area contributed by atoms with Gasteiger partial charge in [0.1, 0.15) is 71.8 Å². The summed E-state index contributed by atoms with van der Waals surface area (Å²) < 4.78 is 23.3. The van der Waals surface area contributed by atoms with Gasteiger partial charge in [-0.1, -0.05) is 36.4 Å². The van der Waals surface area contributed by atoms with Gasteiger partial charge >= 0.3 is 0 Å². The number of aliphatic hydroxyl groups is 10. The van der Waals surface area contributed by atoms with E-state index in [1.807, 2.05) is 0 Å². The summed E-state index contributed by atoms with van der Waals surface area (Å²) in [5.74, 6) is -5.33. The molecule has 0 unspecified atom stereocenters. The molecule has 4 aromatic carbocycles. The Morgan fingerprint density at radius 2 is 0.867 bits per heavy atom. The Balaban J connectivity index is 1.35. The number of aliphatic hydroxyl groups excluding tert-OH is 10. The minimum Gasteiger partial charge on any atom is -0.507 e. The molecule has 2 aliphatic carbocycles. The third-order valence-corrected chi connectivity index (χ3v) is 11.7. The number of carbonyl (C=O) groups excluding carboxylic acids is 2. The molecule has 4 aliphatic rings. The fourth-order valence-corrected chi connectivity index (χ4v) is 8.77. The summed E-state index contributed by atoms with van der Waals surface area (Å²) >= 11 is 0. The van der Waals surface area contributed by atoms with Crippen molar-refractivity contribution >= 4 is 11.6 Å². The molecule has 2 heterocycles. The van der Waals surface area contributed by atoms with Crippen molar-refractivity contribution in [2.45, 2.75) is 86.5 Å². The number of hydrogen-bond donors (Lipinski definition) is 12. The first-order valence-electron chi connectivity index (χ1n) is 19.0. The second kappa shape index (κ2) is 16.1. The molecule has 2 fully saturated rings. The molecule has 4 aromatic rings. The first-order chi connectivity index (χ1) is 28.7. The Morgan fingerprint density at radius 3 is 1.22 bits per heavy atom. The van der Waals surface area contributed by atoms with Crippen LogP contribution < -0.4 is 9.47 Å². The van der Waals surface area contributed by atoms with Crippen LogP contribution in [0.3, 0.4) is 0 Å². The van der Waals surface area contributed by atoms with Crippen LogP contribution in [0.25, 0.3) is 0 Å². The highest BCUT2D eigenvalue weighted by Gasteiger charge is 2.49. The van der Waals surface area contributed by atoms with Crippen molar-refractivity contribution in [3.8, 4) is 23.0 Å². The molecule has 318 valence electrons. The third-order valence-electron chi connectivity index (χ3n) is 11.7. The number of phenols is 2. The lowest BCUT2D eigenvalue weighted by atomic mass is 9.63. The first kappa shape index (κ1) is 41.7. The predicted octanol–water partition coefficient (Wildman–Crippen LogP) is -1.51. The highest BCUT2D eigenvalue weighted by atomic mass is 16.7. The number of hydrogen-bond acceptors (Lipinski definition) is 18. The number of ether oxygens (including phenoxy) is 4. The summed E-state index contributed by atoms with van der Waals surface area (Å²) in [4.78, 5) is 29.3. The maximum Gasteiger partial charge on any atom is 0.229 e. The van der Waals surface area contributed by atoms with Gasteiger partial charge in [0.25, 0.3) is 0 Å². The van der Waals surface area contributed by atoms with E-state index in [4.69, 9.17) is 18.9 Å². The SMILES string of the molecule is O=C1c2c(O)cc(CO)cc2[C@@H]([C@H]2c3cc(CO)cc(O)c3C(=O)c3c(O[C@@H]4O[C@H](CO)[C@@H](O)[C@H](O)[C@H]4O)cccc32)c2cccc(O[C@@H]3O[C@H](CO)[C@@H](O)[C@H](O)[C@H]3O)c21. The molecule has 0 radical (unpaired) electrons. The van der Waals surface area contributed by atoms with Gasteiger partial charge in [-0.25, -0.2) is 0 Å². The van der Waals surface area contributed by atoms with Crippen LogP contribution >= 0.6 is 0 Å². The highest BCUT2D eigenvalue weighted by Crippen LogP contribution is 2.56. The van der Waals surface area contributed by atoms with Crippen molar-refractivity contribution in [1.29, 1.82) is 0 Å². The maximum absolute atomic E-state index is 14.7. The molecular weight excluding hydrogens is 792 g/mol. The van der Waals surface area contributed by atoms with Crippen LogP contribution in [0.5, 0.6) is 23.0 Å². The number of fused-ring (bicyclic) bond motifs is 4. The van der Waals surface area contributed by atoms with E-state index in [-0.39, 0.29) is 67.1 Å². The summed E-state index contributed by atoms with van der Waals surface area (Å²) in [5.41, 5.74) is 0.283. The van der Waals surface area contributed by atoms with Crippen molar-refractivity contribution in [1.82, 2.24) is 0 Å². The van der Waals surface area contributed by atoms with Gasteiger partial charge in [-0.2, -0.15) is 0 Å². The second-order valence-electron chi connectivity index (χ2n) is 15.2. The van der Waals surface area contributed by atoms with Crippen LogP contribution in [-0.2, 0) is 22.7 Å². The normalized spacial score (nSPS) is 30.8. The first-order valence-corrected chi connectivity index (χ1v) is 19.0. The number of rotatable bonds is 9. The molecule has 0 spiro atoms. The molecule has 0 bridgehead atoms. The smallest absolute Gasteiger partial charge is 0.229 e. The monoisotopic (exact) mass is 834 g/mol. The minimum absolute atomic E-state index is 0.159. The van der Waals surface area contributed by atoms with Crippen molar-refractivity contribution in [3.63, 3.8) is 0 Å². The largest absolute Gasteiger partial charge is 0.507 e. The van der Waals surface area contributed by atoms with Crippen LogP contribution in [0, 0.1) is 0 Å². The van der Waals surface area contributed by atoms with Gasteiger partial charge in [0, 0.05) is 11.8 Å². The third kappa shape index (κ3) is 6.61. The van der Waals surface area contributed by atoms with E-state index < -0.39 is 123 Å². The summed E-state index contributed by atoms with van der Waals surface area (Å²) in [5, 5.41) is 127. The topological polar surface area (TPSA) is 314 Å². The predicted molar refractivity (Wildman–Crippen MR) is 200 cm³/mol. The Labute approximate surface area is 339 Å². The quantitative estimate of drug-likeness (QED) is 0.0912. The van der Waals surface area contributed by atoms with Gasteiger partial charge in [-0.15, -0.1) is 0 Å². The fourth-order valence-electron chi connectivity index (χ4n) is 8.77. The van der Waals surface area contributed by atoms with E-state index in [0.29, 0.717) is 0 Å². The summed E-state index contributed by atoms with van der Waals surface area (Å²) in [6, 6.07) is 14.2. The maximum atomic E-state index is 14.7. The van der Waals surface area contributed by atoms with E-state index in [1.54, 1.807) is 12.1 Å². The van der Waals surface area contributed by atoms with Crippen LogP contribution in [-0.4, -0.2) is 147 Å². The van der Waals surface area contributed by atoms with Crippen LogP contribution in [0.1, 0.15) is 77.1 Å². The van der Waals surface area contributed by atoms with Gasteiger partial charge in [0.2, 0.25) is 24.1 Å². The van der Waals surface area contributed by atoms with Crippen molar-refractivity contribution in [3.05, 3.63) is 116 Å². The standard InChI is InChI=1S/C42H42O18/c43-11-15-7-19-27(17-3-1-5-23(31(17)35(51)29(19)21(47)9-15)57-41-39(55)37(53)33(49)25(13-45)59-41)28-18-4-2-6-24(58-42-40(56)38(54)34(50)26(14-46)60-42)32(18)36(52)30-20(28)8-16(12-44)10-22(30)48/h1-10,25-28,33-34,37-50,53-56H,11-14H2/t25-,26-,27-,28+,33-,34-,37+,38+,39-,40-,41-,42-/m1/s1. The zero-order valence-corrected chi connectivity index (χ0v) is 31.3. The zero-order valence-electron chi connectivity index (χ0n) is 31.3. The van der Waals surface area contributed by atoms with E-state index in [0.717, 1.165) is 0 Å². The molecule has 18 nitrogen and oxygen atoms in total. The number of aromatic hydroxyl groups is 2. The lowest BCUT2D eigenvalue weighted by Crippen LogP contribution is -2.60. The molecule has 12 N–H and O–H groups in total. The molecule has 2 saturated heterocycles. The van der Waals surface area contributed by atoms with E-state index in [9.17, 15) is 70.9 Å². The van der Waals surface area contributed by atoms with Gasteiger partial charge in [0.05, 0.1) is 48.7 Å². The lowest BCUT2D eigenvalue weighted by Gasteiger charge is -2.41. The highest BCUT2D eigenvalue weighted by molar-refractivity contribution is 6.18. The van der Waals surface area contributed by atoms with Crippen molar-refractivity contribution in [2.75, 3.05) is 13.2 Å². The van der Waals surface area contributed by atoms with Gasteiger partial charge < -0.3 is 80.2 Å². The van der Waals surface area contributed by atoms with Gasteiger partial charge in [-0.3, -0.25) is 9.59 Å². The number of phenolic OH excluding ortho intramolecular Hbond substituents is 2. The average molecular weight is 835 g/mol. The zero-order chi connectivity index (χ0) is 42.9. The number of ketones is 2. The number of benzene rings is 4. The molecule has 0 amide bonds. The second-order valence-corrected chi connectivity index (χ2v) is 15.2. The molecule has 18 heteroatoms. The molecule has 12 atom stereocenters. The fraction of sp³-hybridized carbons (Fsp3) is 0.381. The van der Waals surface area contributed by atoms with Crippen molar-refractivity contribution in [2.24, 2.45) is 0 Å². The van der Waals surface area contributed by atoms with Gasteiger partial charge in [-0.05, 0) is 57.6 Å². The minimum atomic E-state index is -1.87. The molecule has 2 aliphatic heterocycles. The Kier molecular flexibility index (Phi) is 11.2. The molecule has 8 rings (SSSR count). The molecule has 0 saturated carbocycles. The summed E-state index contributed by atoms with van der Waals surface area (Å²) in [7, 11) is 0. The summed E-state index contributed by atoms with van der Waals surface area (Å²) in [6.45, 7) is -2.68.